The molecule has 16 heavy (non-hydrogen) atoms. The Balaban J connectivity index is 3.01. The minimum Gasteiger partial charge on any atom is -0.466 e. The Morgan fingerprint density at radius 1 is 1.00 bits per heavy atom. The van der Waals surface area contributed by atoms with Gasteiger partial charge < -0.3 is 4.74 Å². The molecule has 0 aromatic rings. The Hall–Kier alpha value is -0.313. The molecule has 0 saturated heterocycles. The second-order valence-electron chi connectivity index (χ2n) is 4.45. The highest BCUT2D eigenvalue weighted by Gasteiger charge is 1.99. The molecule has 0 amide bonds. The fourth-order valence-corrected chi connectivity index (χ4v) is 2.11. The summed E-state index contributed by atoms with van der Waals surface area (Å²) in [5.41, 5.74) is 0. The van der Waals surface area contributed by atoms with E-state index in [9.17, 15) is 4.79 Å². The fraction of sp³-hybridized carbons (Fsp3) is 0.923. The Morgan fingerprint density at radius 3 is 2.12 bits per heavy atom. The number of ether oxygens (including phenoxy) is 1. The largest absolute Gasteiger partial charge is 0.466 e. The Labute approximate surface area is 104 Å². The van der Waals surface area contributed by atoms with E-state index in [0.717, 1.165) is 22.7 Å². The van der Waals surface area contributed by atoms with Crippen molar-refractivity contribution in [3.63, 3.8) is 0 Å². The maximum atomic E-state index is 11.1. The zero-order valence-corrected chi connectivity index (χ0v) is 13.1. The minimum atomic E-state index is -0.00190. The highest BCUT2D eigenvalue weighted by Crippen LogP contribution is 2.08. The number of carbonyl (C=O) groups is 1. The summed E-state index contributed by atoms with van der Waals surface area (Å²) in [6.45, 7) is 2.88. The van der Waals surface area contributed by atoms with Crippen molar-refractivity contribution in [1.29, 1.82) is 0 Å². The van der Waals surface area contributed by atoms with E-state index < -0.39 is 0 Å². The third kappa shape index (κ3) is 11.8. The van der Waals surface area contributed by atoms with E-state index in [-0.39, 0.29) is 5.97 Å². The monoisotopic (exact) mass is 244 g/mol. The molecule has 0 aromatic heterocycles. The van der Waals surface area contributed by atoms with Crippen LogP contribution < -0.4 is 0 Å². The van der Waals surface area contributed by atoms with Gasteiger partial charge in [-0.2, -0.15) is 0 Å². The first-order chi connectivity index (χ1) is 7.81. The van der Waals surface area contributed by atoms with Crippen molar-refractivity contribution >= 4 is 16.2 Å². The van der Waals surface area contributed by atoms with E-state index in [0.29, 0.717) is 13.0 Å². The average Bonchev–Trinajstić information content (AvgIpc) is 2.27. The van der Waals surface area contributed by atoms with Crippen LogP contribution in [-0.4, -0.2) is 22.8 Å². The molecule has 0 aliphatic carbocycles. The molecular weight excluding hydrogens is 216 g/mol. The van der Waals surface area contributed by atoms with Gasteiger partial charge in [0.15, 0.2) is 0 Å². The van der Waals surface area contributed by atoms with Crippen LogP contribution in [0.3, 0.4) is 0 Å². The highest BCUT2D eigenvalue weighted by molar-refractivity contribution is 6.09. The first-order valence-electron chi connectivity index (χ1n) is 6.96. The summed E-state index contributed by atoms with van der Waals surface area (Å²) >= 11 is 0. The number of carbonyl (C=O) groups excluding carboxylic acids is 1. The van der Waals surface area contributed by atoms with E-state index in [1.807, 2.05) is 0 Å². The zero-order valence-electron chi connectivity index (χ0n) is 11.1. The zero-order chi connectivity index (χ0) is 12.1. The van der Waals surface area contributed by atoms with Crippen molar-refractivity contribution < 1.29 is 9.53 Å². The van der Waals surface area contributed by atoms with Gasteiger partial charge in [-0.3, -0.25) is 4.79 Å². The Bertz CT molecular complexity index is 160. The van der Waals surface area contributed by atoms with Gasteiger partial charge in [0.1, 0.15) is 0 Å². The number of unbranched alkanes of at least 4 members (excludes halogenated alkanes) is 7. The van der Waals surface area contributed by atoms with Crippen molar-refractivity contribution in [2.45, 2.75) is 70.8 Å². The number of esters is 1. The van der Waals surface area contributed by atoms with Gasteiger partial charge in [-0.25, -0.2) is 0 Å². The van der Waals surface area contributed by atoms with E-state index in [1.54, 1.807) is 0 Å². The fourth-order valence-electron chi connectivity index (χ4n) is 1.70. The van der Waals surface area contributed by atoms with Gasteiger partial charge in [0.25, 0.3) is 0 Å². The van der Waals surface area contributed by atoms with Crippen LogP contribution >= 0.6 is 0 Å². The summed E-state index contributed by atoms with van der Waals surface area (Å²) in [4.78, 5) is 11.1. The molecule has 0 N–H and O–H groups in total. The second kappa shape index (κ2) is 12.8. The van der Waals surface area contributed by atoms with Crippen molar-refractivity contribution in [3.05, 3.63) is 0 Å². The molecule has 0 heterocycles. The van der Waals surface area contributed by atoms with Crippen LogP contribution in [0.5, 0.6) is 0 Å². The molecule has 2 nitrogen and oxygen atoms in total. The quantitative estimate of drug-likeness (QED) is 0.317. The molecule has 0 aromatic carbocycles. The molecule has 3 heteroatoms. The average molecular weight is 244 g/mol. The first-order valence-corrected chi connectivity index (χ1v) is 8.38. The maximum Gasteiger partial charge on any atom is 0.305 e. The summed E-state index contributed by atoms with van der Waals surface area (Å²) in [5.74, 6) is -0.00190. The van der Waals surface area contributed by atoms with Crippen molar-refractivity contribution in [3.8, 4) is 0 Å². The SMILES string of the molecule is CCCCCCCCCCOC(=O)CC[SiH3]. The van der Waals surface area contributed by atoms with Crippen molar-refractivity contribution in [1.82, 2.24) is 0 Å². The molecule has 0 atom stereocenters. The van der Waals surface area contributed by atoms with Crippen LogP contribution in [0, 0.1) is 0 Å². The van der Waals surface area contributed by atoms with E-state index in [1.165, 1.54) is 44.9 Å². The first kappa shape index (κ1) is 15.7. The second-order valence-corrected chi connectivity index (χ2v) is 5.45. The lowest BCUT2D eigenvalue weighted by Crippen LogP contribution is -2.05. The maximum absolute atomic E-state index is 11.1. The molecular formula is C13H28O2Si. The molecule has 0 unspecified atom stereocenters. The van der Waals surface area contributed by atoms with Gasteiger partial charge in [-0.15, -0.1) is 0 Å². The predicted octanol–water partition coefficient (Wildman–Crippen LogP) is 2.84. The van der Waals surface area contributed by atoms with Crippen molar-refractivity contribution in [2.24, 2.45) is 0 Å². The summed E-state index contributed by atoms with van der Waals surface area (Å²) in [6, 6.07) is 1.02. The lowest BCUT2D eigenvalue weighted by atomic mass is 10.1. The summed E-state index contributed by atoms with van der Waals surface area (Å²) in [6.07, 6.45) is 11.0. The summed E-state index contributed by atoms with van der Waals surface area (Å²) in [7, 11) is 1.10. The van der Waals surface area contributed by atoms with Gasteiger partial charge in [0.2, 0.25) is 0 Å². The van der Waals surface area contributed by atoms with Crippen LogP contribution in [0.4, 0.5) is 0 Å². The smallest absolute Gasteiger partial charge is 0.305 e. The van der Waals surface area contributed by atoms with Crippen LogP contribution in [0.15, 0.2) is 0 Å². The number of hydrogen-bond donors (Lipinski definition) is 0. The lowest BCUT2D eigenvalue weighted by molar-refractivity contribution is -0.143. The molecule has 0 bridgehead atoms. The lowest BCUT2D eigenvalue weighted by Gasteiger charge is -2.04. The van der Waals surface area contributed by atoms with Gasteiger partial charge in [-0.05, 0) is 6.42 Å². The van der Waals surface area contributed by atoms with Crippen molar-refractivity contribution in [2.75, 3.05) is 6.61 Å². The van der Waals surface area contributed by atoms with E-state index in [2.05, 4.69) is 6.92 Å². The summed E-state index contributed by atoms with van der Waals surface area (Å²) < 4.78 is 5.11. The molecule has 0 aliphatic rings. The van der Waals surface area contributed by atoms with Gasteiger partial charge in [0, 0.05) is 16.7 Å². The molecule has 0 aliphatic heterocycles. The molecule has 0 radical (unpaired) electrons. The Morgan fingerprint density at radius 2 is 1.56 bits per heavy atom. The minimum absolute atomic E-state index is 0.00190. The third-order valence-electron chi connectivity index (χ3n) is 2.72. The predicted molar refractivity (Wildman–Crippen MR) is 72.9 cm³/mol. The normalized spacial score (nSPS) is 10.6. The van der Waals surface area contributed by atoms with E-state index >= 15 is 0 Å². The van der Waals surface area contributed by atoms with Gasteiger partial charge in [0.05, 0.1) is 6.61 Å². The van der Waals surface area contributed by atoms with Crippen LogP contribution in [-0.2, 0) is 9.53 Å². The number of hydrogen-bond acceptors (Lipinski definition) is 2. The third-order valence-corrected chi connectivity index (χ3v) is 3.22. The molecule has 0 saturated carbocycles. The number of rotatable bonds is 11. The highest BCUT2D eigenvalue weighted by atomic mass is 28.1. The molecule has 0 spiro atoms. The van der Waals surface area contributed by atoms with Crippen LogP contribution in [0.1, 0.15) is 64.7 Å². The topological polar surface area (TPSA) is 26.3 Å². The molecule has 0 fully saturated rings. The van der Waals surface area contributed by atoms with E-state index in [4.69, 9.17) is 4.74 Å². The Kier molecular flexibility index (Phi) is 12.5. The van der Waals surface area contributed by atoms with Gasteiger partial charge >= 0.3 is 5.97 Å². The standard InChI is InChI=1S/C13H28O2Si/c1-2-3-4-5-6-7-8-9-11-15-13(14)10-12-16/h2-12H2,1,16H3. The van der Waals surface area contributed by atoms with Gasteiger partial charge in [-0.1, -0.05) is 57.9 Å². The molecule has 0 rings (SSSR count). The summed E-state index contributed by atoms with van der Waals surface area (Å²) in [5, 5.41) is 0. The van der Waals surface area contributed by atoms with Crippen LogP contribution in [0.25, 0.3) is 0 Å². The molecule has 96 valence electrons. The van der Waals surface area contributed by atoms with Crippen LogP contribution in [0.2, 0.25) is 6.04 Å².